The molecule has 2 heterocycles. The van der Waals surface area contributed by atoms with Gasteiger partial charge in [-0.25, -0.2) is 18.7 Å². The van der Waals surface area contributed by atoms with E-state index in [1.165, 1.54) is 18.5 Å². The molecule has 1 amide bonds. The van der Waals surface area contributed by atoms with E-state index in [2.05, 4.69) is 22.2 Å². The summed E-state index contributed by atoms with van der Waals surface area (Å²) in [5, 5.41) is 2.49. The standard InChI is InChI=1S/C17H18F2N4O/c1-11-5-7-23(8-6-11)16(24)12-9-20-17(21-10-12)22-15-13(18)3-2-4-14(15)19/h2-4,9-11H,5-8H2,1H3,(H,20,21,22). The number of nitrogens with one attached hydrogen (secondary N) is 1. The Morgan fingerprint density at radius 2 is 1.75 bits per heavy atom. The molecule has 0 spiro atoms. The third-order valence-electron chi connectivity index (χ3n) is 4.17. The number of rotatable bonds is 3. The Bertz CT molecular complexity index is 708. The van der Waals surface area contributed by atoms with Crippen molar-refractivity contribution in [3.63, 3.8) is 0 Å². The van der Waals surface area contributed by atoms with Gasteiger partial charge in [0.05, 0.1) is 5.56 Å². The third-order valence-corrected chi connectivity index (χ3v) is 4.17. The summed E-state index contributed by atoms with van der Waals surface area (Å²) in [6, 6.07) is 3.55. The van der Waals surface area contributed by atoms with E-state index in [0.29, 0.717) is 11.5 Å². The fourth-order valence-electron chi connectivity index (χ4n) is 2.63. The highest BCUT2D eigenvalue weighted by Gasteiger charge is 2.22. The monoisotopic (exact) mass is 332 g/mol. The van der Waals surface area contributed by atoms with E-state index in [1.807, 2.05) is 0 Å². The van der Waals surface area contributed by atoms with Crippen LogP contribution in [0.2, 0.25) is 0 Å². The van der Waals surface area contributed by atoms with Crippen LogP contribution in [-0.4, -0.2) is 33.9 Å². The van der Waals surface area contributed by atoms with Crippen molar-refractivity contribution in [2.75, 3.05) is 18.4 Å². The minimum atomic E-state index is -0.735. The molecule has 1 aromatic heterocycles. The fraction of sp³-hybridized carbons (Fsp3) is 0.353. The molecule has 2 aromatic rings. The zero-order chi connectivity index (χ0) is 17.1. The molecule has 0 aliphatic carbocycles. The van der Waals surface area contributed by atoms with Gasteiger partial charge in [-0.15, -0.1) is 0 Å². The van der Waals surface area contributed by atoms with Crippen molar-refractivity contribution in [1.29, 1.82) is 0 Å². The quantitative estimate of drug-likeness (QED) is 0.936. The number of halogens is 2. The summed E-state index contributed by atoms with van der Waals surface area (Å²) in [7, 11) is 0. The van der Waals surface area contributed by atoms with E-state index in [0.717, 1.165) is 38.1 Å². The van der Waals surface area contributed by atoms with Gasteiger partial charge < -0.3 is 10.2 Å². The van der Waals surface area contributed by atoms with Gasteiger partial charge in [-0.1, -0.05) is 13.0 Å². The number of carbonyl (C=O) groups excluding carboxylic acids is 1. The van der Waals surface area contributed by atoms with E-state index in [9.17, 15) is 13.6 Å². The van der Waals surface area contributed by atoms with E-state index < -0.39 is 11.6 Å². The van der Waals surface area contributed by atoms with E-state index in [1.54, 1.807) is 4.90 Å². The second-order valence-corrected chi connectivity index (χ2v) is 5.99. The van der Waals surface area contributed by atoms with Crippen molar-refractivity contribution in [2.24, 2.45) is 5.92 Å². The summed E-state index contributed by atoms with van der Waals surface area (Å²) >= 11 is 0. The SMILES string of the molecule is CC1CCN(C(=O)c2cnc(Nc3c(F)cccc3F)nc2)CC1. The van der Waals surface area contributed by atoms with Crippen LogP contribution in [0, 0.1) is 17.6 Å². The molecule has 1 saturated heterocycles. The highest BCUT2D eigenvalue weighted by molar-refractivity contribution is 5.93. The fourth-order valence-corrected chi connectivity index (χ4v) is 2.63. The zero-order valence-corrected chi connectivity index (χ0v) is 13.3. The summed E-state index contributed by atoms with van der Waals surface area (Å²) in [4.78, 5) is 22.1. The number of carbonyl (C=O) groups is 1. The lowest BCUT2D eigenvalue weighted by atomic mass is 9.99. The maximum Gasteiger partial charge on any atom is 0.256 e. The average Bonchev–Trinajstić information content (AvgIpc) is 2.59. The van der Waals surface area contributed by atoms with Gasteiger partial charge in [0.1, 0.15) is 17.3 Å². The molecular weight excluding hydrogens is 314 g/mol. The maximum atomic E-state index is 13.6. The highest BCUT2D eigenvalue weighted by Crippen LogP contribution is 2.21. The van der Waals surface area contributed by atoms with Crippen molar-refractivity contribution >= 4 is 17.5 Å². The first-order chi connectivity index (χ1) is 11.5. The largest absolute Gasteiger partial charge is 0.339 e. The van der Waals surface area contributed by atoms with Crippen LogP contribution in [0.15, 0.2) is 30.6 Å². The molecule has 0 atom stereocenters. The molecule has 5 nitrogen and oxygen atoms in total. The normalized spacial score (nSPS) is 15.4. The van der Waals surface area contributed by atoms with Crippen molar-refractivity contribution in [2.45, 2.75) is 19.8 Å². The molecule has 1 N–H and O–H groups in total. The van der Waals surface area contributed by atoms with E-state index >= 15 is 0 Å². The van der Waals surface area contributed by atoms with Crippen LogP contribution < -0.4 is 5.32 Å². The van der Waals surface area contributed by atoms with Crippen LogP contribution in [0.3, 0.4) is 0 Å². The third kappa shape index (κ3) is 3.50. The Balaban J connectivity index is 1.70. The Morgan fingerprint density at radius 3 is 2.33 bits per heavy atom. The van der Waals surface area contributed by atoms with Gasteiger partial charge in [-0.05, 0) is 30.9 Å². The summed E-state index contributed by atoms with van der Waals surface area (Å²) in [6.07, 6.45) is 4.71. The number of hydrogen-bond acceptors (Lipinski definition) is 4. The number of amides is 1. The lowest BCUT2D eigenvalue weighted by Crippen LogP contribution is -2.38. The Hall–Kier alpha value is -2.57. The van der Waals surface area contributed by atoms with Gasteiger partial charge in [-0.3, -0.25) is 4.79 Å². The first-order valence-electron chi connectivity index (χ1n) is 7.87. The number of piperidine rings is 1. The maximum absolute atomic E-state index is 13.6. The van der Waals surface area contributed by atoms with Crippen molar-refractivity contribution in [1.82, 2.24) is 14.9 Å². The summed E-state index contributed by atoms with van der Waals surface area (Å²) < 4.78 is 27.2. The van der Waals surface area contributed by atoms with Gasteiger partial charge in [0.15, 0.2) is 0 Å². The topological polar surface area (TPSA) is 58.1 Å². The minimum Gasteiger partial charge on any atom is -0.339 e. The minimum absolute atomic E-state index is 0.0304. The number of para-hydroxylation sites is 1. The van der Waals surface area contributed by atoms with Gasteiger partial charge >= 0.3 is 0 Å². The van der Waals surface area contributed by atoms with Gasteiger partial charge in [0.2, 0.25) is 5.95 Å². The molecule has 1 aromatic carbocycles. The molecule has 3 rings (SSSR count). The Kier molecular flexibility index (Phi) is 4.69. The molecule has 0 bridgehead atoms. The van der Waals surface area contributed by atoms with Crippen LogP contribution in [0.1, 0.15) is 30.1 Å². The van der Waals surface area contributed by atoms with Crippen LogP contribution >= 0.6 is 0 Å². The molecule has 0 saturated carbocycles. The van der Waals surface area contributed by atoms with Gasteiger partial charge in [0, 0.05) is 25.5 Å². The summed E-state index contributed by atoms with van der Waals surface area (Å²) in [6.45, 7) is 3.62. The van der Waals surface area contributed by atoms with Crippen LogP contribution in [0.5, 0.6) is 0 Å². The number of likely N-dealkylation sites (tertiary alicyclic amines) is 1. The number of benzene rings is 1. The average molecular weight is 332 g/mol. The van der Waals surface area contributed by atoms with Crippen LogP contribution in [-0.2, 0) is 0 Å². The van der Waals surface area contributed by atoms with Crippen LogP contribution in [0.25, 0.3) is 0 Å². The first-order valence-corrected chi connectivity index (χ1v) is 7.87. The summed E-state index contributed by atoms with van der Waals surface area (Å²) in [5.41, 5.74) is 0.0469. The second kappa shape index (κ2) is 6.90. The number of anilines is 2. The second-order valence-electron chi connectivity index (χ2n) is 5.99. The van der Waals surface area contributed by atoms with Crippen molar-refractivity contribution in [3.05, 3.63) is 47.8 Å². The lowest BCUT2D eigenvalue weighted by Gasteiger charge is -2.30. The first kappa shape index (κ1) is 16.3. The van der Waals surface area contributed by atoms with E-state index in [-0.39, 0.29) is 17.5 Å². The molecule has 24 heavy (non-hydrogen) atoms. The Morgan fingerprint density at radius 1 is 1.17 bits per heavy atom. The molecular formula is C17H18F2N4O. The van der Waals surface area contributed by atoms with Crippen LogP contribution in [0.4, 0.5) is 20.4 Å². The van der Waals surface area contributed by atoms with Crippen molar-refractivity contribution < 1.29 is 13.6 Å². The van der Waals surface area contributed by atoms with Crippen molar-refractivity contribution in [3.8, 4) is 0 Å². The number of nitrogens with zero attached hydrogens (tertiary/aromatic N) is 3. The molecule has 1 aliphatic rings. The summed E-state index contributed by atoms with van der Waals surface area (Å²) in [5.74, 6) is -0.928. The zero-order valence-electron chi connectivity index (χ0n) is 13.3. The molecule has 126 valence electrons. The highest BCUT2D eigenvalue weighted by atomic mass is 19.1. The molecule has 1 aliphatic heterocycles. The molecule has 0 radical (unpaired) electrons. The molecule has 1 fully saturated rings. The smallest absolute Gasteiger partial charge is 0.256 e. The molecule has 0 unspecified atom stereocenters. The number of aromatic nitrogens is 2. The van der Waals surface area contributed by atoms with E-state index in [4.69, 9.17) is 0 Å². The number of hydrogen-bond donors (Lipinski definition) is 1. The van der Waals surface area contributed by atoms with Gasteiger partial charge in [-0.2, -0.15) is 0 Å². The predicted octanol–water partition coefficient (Wildman–Crippen LogP) is 3.37. The van der Waals surface area contributed by atoms with Gasteiger partial charge in [0.25, 0.3) is 5.91 Å². The Labute approximate surface area is 138 Å². The predicted molar refractivity (Wildman–Crippen MR) is 86.0 cm³/mol. The molecule has 7 heteroatoms. The lowest BCUT2D eigenvalue weighted by molar-refractivity contribution is 0.0696.